The zero-order valence-corrected chi connectivity index (χ0v) is 18.5. The van der Waals surface area contributed by atoms with Gasteiger partial charge in [0.2, 0.25) is 5.95 Å². The highest BCUT2D eigenvalue weighted by atomic mass is 19.1. The van der Waals surface area contributed by atoms with E-state index in [1.807, 2.05) is 44.3 Å². The van der Waals surface area contributed by atoms with E-state index in [0.29, 0.717) is 35.4 Å². The predicted molar refractivity (Wildman–Crippen MR) is 128 cm³/mol. The van der Waals surface area contributed by atoms with Crippen molar-refractivity contribution in [2.45, 2.75) is 19.4 Å². The monoisotopic (exact) mass is 441 g/mol. The van der Waals surface area contributed by atoms with Crippen LogP contribution in [0.1, 0.15) is 11.3 Å². The Balaban J connectivity index is 1.35. The molecule has 1 atom stereocenters. The second-order valence-electron chi connectivity index (χ2n) is 8.15. The molecule has 1 unspecified atom stereocenters. The first-order valence-corrected chi connectivity index (χ1v) is 10.8. The molecule has 6 nitrogen and oxygen atoms in total. The summed E-state index contributed by atoms with van der Waals surface area (Å²) in [5, 5.41) is 3.11. The van der Waals surface area contributed by atoms with Gasteiger partial charge in [-0.3, -0.25) is 4.98 Å². The first-order valence-electron chi connectivity index (χ1n) is 10.8. The van der Waals surface area contributed by atoms with E-state index in [4.69, 9.17) is 4.74 Å². The molecule has 4 aromatic rings. The number of rotatable bonds is 5. The number of likely N-dealkylation sites (N-methyl/N-ethyl adjacent to an activating group) is 1. The third-order valence-corrected chi connectivity index (χ3v) is 5.80. The van der Waals surface area contributed by atoms with Crippen LogP contribution in [0.15, 0.2) is 73.1 Å². The van der Waals surface area contributed by atoms with Gasteiger partial charge in [-0.05, 0) is 54.8 Å². The van der Waals surface area contributed by atoms with Crippen LogP contribution in [-0.2, 0) is 6.42 Å². The smallest absolute Gasteiger partial charge is 0.229 e. The minimum absolute atomic E-state index is 0.156. The summed E-state index contributed by atoms with van der Waals surface area (Å²) in [5.41, 5.74) is 3.97. The van der Waals surface area contributed by atoms with Crippen molar-refractivity contribution in [1.82, 2.24) is 15.0 Å². The fraction of sp³-hybridized carbons (Fsp3) is 0.192. The Morgan fingerprint density at radius 1 is 1.09 bits per heavy atom. The largest absolute Gasteiger partial charge is 0.486 e. The maximum absolute atomic E-state index is 14.8. The summed E-state index contributed by atoms with van der Waals surface area (Å²) in [7, 11) is 2.01. The summed E-state index contributed by atoms with van der Waals surface area (Å²) in [5.74, 6) is 1.41. The van der Waals surface area contributed by atoms with E-state index in [0.717, 1.165) is 17.7 Å². The van der Waals surface area contributed by atoms with Gasteiger partial charge < -0.3 is 15.0 Å². The molecule has 0 bridgehead atoms. The second-order valence-corrected chi connectivity index (χ2v) is 8.15. The highest BCUT2D eigenvalue weighted by molar-refractivity contribution is 5.68. The number of anilines is 3. The maximum atomic E-state index is 14.8. The minimum Gasteiger partial charge on any atom is -0.486 e. The number of hydrogen-bond acceptors (Lipinski definition) is 6. The van der Waals surface area contributed by atoms with Crippen LogP contribution in [0.25, 0.3) is 11.1 Å². The molecule has 0 saturated carbocycles. The number of halogens is 1. The molecule has 3 heterocycles. The lowest BCUT2D eigenvalue weighted by molar-refractivity contribution is 0.262. The number of ether oxygens (including phenoxy) is 1. The van der Waals surface area contributed by atoms with Crippen LogP contribution in [-0.4, -0.2) is 34.6 Å². The Kier molecular flexibility index (Phi) is 5.60. The van der Waals surface area contributed by atoms with Gasteiger partial charge in [0.15, 0.2) is 11.6 Å². The van der Waals surface area contributed by atoms with E-state index in [9.17, 15) is 4.39 Å². The molecular formula is C26H24FN5O. The van der Waals surface area contributed by atoms with Gasteiger partial charge in [0.05, 0.1) is 12.2 Å². The molecule has 0 radical (unpaired) electrons. The Bertz CT molecular complexity index is 1280. The van der Waals surface area contributed by atoms with Crippen molar-refractivity contribution in [1.29, 1.82) is 0 Å². The molecule has 0 fully saturated rings. The number of nitrogens with one attached hydrogen (secondary N) is 1. The average Bonchev–Trinajstić information content (AvgIpc) is 2.82. The molecule has 0 spiro atoms. The van der Waals surface area contributed by atoms with Crippen molar-refractivity contribution >= 4 is 17.5 Å². The number of hydrogen-bond donors (Lipinski definition) is 1. The van der Waals surface area contributed by atoms with E-state index in [1.54, 1.807) is 24.5 Å². The summed E-state index contributed by atoms with van der Waals surface area (Å²) in [6.07, 6.45) is 4.19. The van der Waals surface area contributed by atoms with Crippen molar-refractivity contribution in [3.63, 3.8) is 0 Å². The Morgan fingerprint density at radius 3 is 2.73 bits per heavy atom. The highest BCUT2D eigenvalue weighted by Crippen LogP contribution is 2.33. The zero-order valence-electron chi connectivity index (χ0n) is 18.5. The molecular weight excluding hydrogens is 417 g/mol. The Labute approximate surface area is 192 Å². The van der Waals surface area contributed by atoms with Crippen LogP contribution < -0.4 is 15.0 Å². The third kappa shape index (κ3) is 4.48. The molecule has 2 aromatic carbocycles. The third-order valence-electron chi connectivity index (χ3n) is 5.80. The summed E-state index contributed by atoms with van der Waals surface area (Å²) in [6, 6.07) is 19.1. The van der Waals surface area contributed by atoms with Gasteiger partial charge >= 0.3 is 0 Å². The summed E-state index contributed by atoms with van der Waals surface area (Å²) in [6.45, 7) is 2.45. The molecule has 0 saturated heterocycles. The van der Waals surface area contributed by atoms with Crippen molar-refractivity contribution in [2.75, 3.05) is 23.9 Å². The maximum Gasteiger partial charge on any atom is 0.229 e. The van der Waals surface area contributed by atoms with Crippen LogP contribution in [0, 0.1) is 12.7 Å². The normalized spacial score (nSPS) is 15.0. The first-order chi connectivity index (χ1) is 16.1. The van der Waals surface area contributed by atoms with Gasteiger partial charge in [0, 0.05) is 30.2 Å². The minimum atomic E-state index is -0.327. The Morgan fingerprint density at radius 2 is 1.94 bits per heavy atom. The van der Waals surface area contributed by atoms with Crippen LogP contribution in [0.2, 0.25) is 0 Å². The number of fused-ring (bicyclic) bond motifs is 1. The molecule has 166 valence electrons. The van der Waals surface area contributed by atoms with Gasteiger partial charge in [-0.2, -0.15) is 4.98 Å². The number of aromatic nitrogens is 3. The van der Waals surface area contributed by atoms with Gasteiger partial charge in [0.25, 0.3) is 0 Å². The number of benzene rings is 2. The molecule has 7 heteroatoms. The van der Waals surface area contributed by atoms with E-state index in [1.165, 1.54) is 11.6 Å². The van der Waals surface area contributed by atoms with E-state index in [-0.39, 0.29) is 11.9 Å². The quantitative estimate of drug-likeness (QED) is 0.461. The summed E-state index contributed by atoms with van der Waals surface area (Å²) < 4.78 is 20.8. The number of aryl methyl sites for hydroxylation is 1. The van der Waals surface area contributed by atoms with Crippen molar-refractivity contribution in [3.8, 4) is 16.9 Å². The van der Waals surface area contributed by atoms with E-state index >= 15 is 0 Å². The fourth-order valence-corrected chi connectivity index (χ4v) is 4.00. The van der Waals surface area contributed by atoms with Crippen LogP contribution in [0.5, 0.6) is 5.75 Å². The van der Waals surface area contributed by atoms with Crippen molar-refractivity contribution < 1.29 is 9.13 Å². The van der Waals surface area contributed by atoms with Crippen LogP contribution in [0.3, 0.4) is 0 Å². The second kappa shape index (κ2) is 8.86. The van der Waals surface area contributed by atoms with Crippen LogP contribution >= 0.6 is 0 Å². The topological polar surface area (TPSA) is 63.2 Å². The van der Waals surface area contributed by atoms with E-state index < -0.39 is 0 Å². The van der Waals surface area contributed by atoms with Crippen molar-refractivity contribution in [2.24, 2.45) is 0 Å². The molecule has 0 amide bonds. The summed E-state index contributed by atoms with van der Waals surface area (Å²) in [4.78, 5) is 15.3. The first kappa shape index (κ1) is 20.9. The molecule has 1 N–H and O–H groups in total. The molecule has 1 aliphatic rings. The number of pyridine rings is 1. The average molecular weight is 442 g/mol. The Hall–Kier alpha value is -4.00. The molecule has 1 aliphatic heterocycles. The molecule has 2 aromatic heterocycles. The lowest BCUT2D eigenvalue weighted by Gasteiger charge is -2.34. The highest BCUT2D eigenvalue weighted by Gasteiger charge is 2.27. The zero-order chi connectivity index (χ0) is 22.8. The molecule has 33 heavy (non-hydrogen) atoms. The lowest BCUT2D eigenvalue weighted by Crippen LogP contribution is -2.42. The van der Waals surface area contributed by atoms with Gasteiger partial charge in [-0.15, -0.1) is 0 Å². The van der Waals surface area contributed by atoms with Gasteiger partial charge in [0.1, 0.15) is 12.4 Å². The van der Waals surface area contributed by atoms with Crippen molar-refractivity contribution in [3.05, 3.63) is 90.1 Å². The SMILES string of the molecule is Cc1cc(-c2ccc(Nc3ncc4c(n3)N(C)C(Cc3ccccc3)CO4)cc2F)ccn1. The van der Waals surface area contributed by atoms with Gasteiger partial charge in [-0.25, -0.2) is 9.37 Å². The van der Waals surface area contributed by atoms with E-state index in [2.05, 4.69) is 37.3 Å². The van der Waals surface area contributed by atoms with Gasteiger partial charge in [-0.1, -0.05) is 30.3 Å². The predicted octanol–water partition coefficient (Wildman–Crippen LogP) is 5.17. The fourth-order valence-electron chi connectivity index (χ4n) is 4.00. The standard InChI is InChI=1S/C26H24FN5O/c1-17-12-19(10-11-28-17)22-9-8-20(14-23(22)27)30-26-29-15-24-25(31-26)32(2)21(16-33-24)13-18-6-4-3-5-7-18/h3-12,14-15,21H,13,16H2,1-2H3,(H,29,30,31). The number of nitrogens with zero attached hydrogens (tertiary/aromatic N) is 4. The molecule has 0 aliphatic carbocycles. The lowest BCUT2D eigenvalue weighted by atomic mass is 10.0. The molecule has 5 rings (SSSR count). The van der Waals surface area contributed by atoms with Crippen LogP contribution in [0.4, 0.5) is 21.8 Å². The summed E-state index contributed by atoms with van der Waals surface area (Å²) >= 11 is 0.